The first kappa shape index (κ1) is 28.2. The van der Waals surface area contributed by atoms with E-state index in [2.05, 4.69) is 0 Å². The third-order valence-electron chi connectivity index (χ3n) is 4.78. The number of nitrogens with one attached hydrogen (secondary N) is 1. The minimum atomic E-state index is -4.91. The molecule has 0 heterocycles. The molecule has 0 radical (unpaired) electrons. The predicted molar refractivity (Wildman–Crippen MR) is 123 cm³/mol. The summed E-state index contributed by atoms with van der Waals surface area (Å²) in [7, 11) is -8.85. The van der Waals surface area contributed by atoms with Crippen molar-refractivity contribution in [3.8, 4) is 0 Å². The lowest BCUT2D eigenvalue weighted by molar-refractivity contribution is -0.137. The van der Waals surface area contributed by atoms with E-state index in [4.69, 9.17) is 23.2 Å². The van der Waals surface area contributed by atoms with Gasteiger partial charge in [-0.25, -0.2) is 16.8 Å². The molecule has 0 aliphatic heterocycles. The fourth-order valence-electron chi connectivity index (χ4n) is 3.01. The highest BCUT2D eigenvalue weighted by Gasteiger charge is 2.35. The van der Waals surface area contributed by atoms with Crippen LogP contribution in [0.4, 0.5) is 18.9 Å². The van der Waals surface area contributed by atoms with Crippen molar-refractivity contribution in [1.82, 2.24) is 4.90 Å². The normalized spacial score (nSPS) is 12.4. The van der Waals surface area contributed by atoms with E-state index in [0.29, 0.717) is 19.2 Å². The van der Waals surface area contributed by atoms with Gasteiger partial charge in [-0.2, -0.15) is 13.2 Å². The summed E-state index contributed by atoms with van der Waals surface area (Å²) in [4.78, 5) is 12.4. The summed E-state index contributed by atoms with van der Waals surface area (Å²) >= 11 is 11.4. The Labute approximate surface area is 205 Å². The number of carbonyl (C=O) groups excluding carboxylic acids is 1. The number of amides is 1. The number of anilines is 1. The molecule has 0 bridgehead atoms. The molecule has 0 saturated heterocycles. The van der Waals surface area contributed by atoms with E-state index in [1.165, 1.54) is 11.0 Å². The Morgan fingerprint density at radius 1 is 1.00 bits per heavy atom. The molecule has 2 rings (SSSR count). The molecule has 34 heavy (non-hydrogen) atoms. The number of carbonyl (C=O) groups is 1. The zero-order valence-corrected chi connectivity index (χ0v) is 21.1. The predicted octanol–water partition coefficient (Wildman–Crippen LogP) is 4.85. The summed E-state index contributed by atoms with van der Waals surface area (Å²) in [5.74, 6) is -1.01. The van der Waals surface area contributed by atoms with Crippen LogP contribution in [0.25, 0.3) is 0 Å². The van der Waals surface area contributed by atoms with Gasteiger partial charge in [0.25, 0.3) is 10.0 Å². The van der Waals surface area contributed by atoms with Gasteiger partial charge in [-0.3, -0.25) is 9.52 Å². The van der Waals surface area contributed by atoms with Gasteiger partial charge in [0.05, 0.1) is 31.8 Å². The van der Waals surface area contributed by atoms with Crippen molar-refractivity contribution in [3.63, 3.8) is 0 Å². The Bertz CT molecular complexity index is 1280. The Morgan fingerprint density at radius 2 is 1.62 bits per heavy atom. The van der Waals surface area contributed by atoms with Crippen molar-refractivity contribution in [1.29, 1.82) is 0 Å². The van der Waals surface area contributed by atoms with Crippen molar-refractivity contribution >= 4 is 54.7 Å². The van der Waals surface area contributed by atoms with E-state index < -0.39 is 63.8 Å². The fourth-order valence-corrected chi connectivity index (χ4v) is 5.95. The van der Waals surface area contributed by atoms with Crippen LogP contribution in [0.5, 0.6) is 0 Å². The molecular weight excluding hydrogens is 540 g/mol. The molecule has 0 aliphatic rings. The second-order valence-corrected chi connectivity index (χ2v) is 11.6. The summed E-state index contributed by atoms with van der Waals surface area (Å²) < 4.78 is 92.8. The van der Waals surface area contributed by atoms with Crippen molar-refractivity contribution in [2.75, 3.05) is 23.6 Å². The Hall–Kier alpha value is -2.02. The van der Waals surface area contributed by atoms with Gasteiger partial charge in [-0.1, -0.05) is 23.2 Å². The minimum Gasteiger partial charge on any atom is -0.343 e. The lowest BCUT2D eigenvalue weighted by Gasteiger charge is -2.19. The van der Waals surface area contributed by atoms with E-state index in [1.807, 2.05) is 4.72 Å². The van der Waals surface area contributed by atoms with Gasteiger partial charge in [-0.15, -0.1) is 0 Å². The van der Waals surface area contributed by atoms with E-state index in [-0.39, 0.29) is 11.4 Å². The maximum atomic E-state index is 13.1. The van der Waals surface area contributed by atoms with Crippen LogP contribution in [-0.4, -0.2) is 46.5 Å². The SMILES string of the molecule is CCN(CC)C(=O)CCS(=O)(=O)c1ccc(Cl)cc1NS(=O)(=O)c1ccc(Cl)c(C(F)(F)F)c1. The molecule has 0 unspecified atom stereocenters. The smallest absolute Gasteiger partial charge is 0.343 e. The van der Waals surface area contributed by atoms with Crippen LogP contribution in [0.3, 0.4) is 0 Å². The molecule has 2 aromatic rings. The first-order valence-electron chi connectivity index (χ1n) is 9.82. The van der Waals surface area contributed by atoms with Gasteiger partial charge < -0.3 is 4.90 Å². The number of hydrogen-bond donors (Lipinski definition) is 1. The molecule has 0 aliphatic carbocycles. The molecule has 7 nitrogen and oxygen atoms in total. The molecular formula is C20H21Cl2F3N2O5S2. The third kappa shape index (κ3) is 6.77. The molecule has 2 aromatic carbocycles. The quantitative estimate of drug-likeness (QED) is 0.472. The van der Waals surface area contributed by atoms with Gasteiger partial charge >= 0.3 is 6.18 Å². The molecule has 188 valence electrons. The second kappa shape index (κ2) is 10.7. The number of benzene rings is 2. The maximum Gasteiger partial charge on any atom is 0.417 e. The molecule has 1 amide bonds. The van der Waals surface area contributed by atoms with Gasteiger partial charge in [0.15, 0.2) is 9.84 Å². The van der Waals surface area contributed by atoms with Crippen molar-refractivity contribution in [2.45, 2.75) is 36.2 Å². The zero-order valence-electron chi connectivity index (χ0n) is 18.0. The summed E-state index contributed by atoms with van der Waals surface area (Å²) in [6.45, 7) is 4.26. The van der Waals surface area contributed by atoms with E-state index >= 15 is 0 Å². The Morgan fingerprint density at radius 3 is 2.18 bits per heavy atom. The van der Waals surface area contributed by atoms with Gasteiger partial charge in [0.2, 0.25) is 5.91 Å². The van der Waals surface area contributed by atoms with Crippen molar-refractivity contribution in [3.05, 3.63) is 52.0 Å². The molecule has 0 saturated carbocycles. The topological polar surface area (TPSA) is 101 Å². The van der Waals surface area contributed by atoms with Crippen LogP contribution in [0.2, 0.25) is 10.0 Å². The van der Waals surface area contributed by atoms with E-state index in [9.17, 15) is 34.8 Å². The highest BCUT2D eigenvalue weighted by atomic mass is 35.5. The number of hydrogen-bond acceptors (Lipinski definition) is 5. The monoisotopic (exact) mass is 560 g/mol. The van der Waals surface area contributed by atoms with Gasteiger partial charge in [0, 0.05) is 24.5 Å². The van der Waals surface area contributed by atoms with Crippen molar-refractivity contribution < 1.29 is 34.8 Å². The molecule has 1 N–H and O–H groups in total. The number of nitrogens with zero attached hydrogens (tertiary/aromatic N) is 1. The summed E-state index contributed by atoms with van der Waals surface area (Å²) in [6, 6.07) is 5.24. The van der Waals surface area contributed by atoms with Crippen LogP contribution >= 0.6 is 23.2 Å². The first-order chi connectivity index (χ1) is 15.6. The van der Waals surface area contributed by atoms with Crippen LogP contribution in [-0.2, 0) is 30.8 Å². The van der Waals surface area contributed by atoms with E-state index in [1.54, 1.807) is 13.8 Å². The molecule has 0 spiro atoms. The standard InChI is InChI=1S/C20H21Cl2F3N2O5S2/c1-3-27(4-2)19(28)9-10-33(29,30)18-8-5-13(21)11-17(18)26-34(31,32)14-6-7-16(22)15(12-14)20(23,24)25/h5-8,11-12,26H,3-4,9-10H2,1-2H3. The molecule has 0 atom stereocenters. The van der Waals surface area contributed by atoms with Gasteiger partial charge in [-0.05, 0) is 50.2 Å². The first-order valence-corrected chi connectivity index (χ1v) is 13.7. The van der Waals surface area contributed by atoms with Crippen LogP contribution < -0.4 is 4.72 Å². The van der Waals surface area contributed by atoms with Crippen LogP contribution in [0, 0.1) is 0 Å². The molecule has 0 aromatic heterocycles. The highest BCUT2D eigenvalue weighted by Crippen LogP contribution is 2.36. The number of sulfone groups is 1. The second-order valence-electron chi connectivity index (χ2n) is 7.02. The van der Waals surface area contributed by atoms with Crippen molar-refractivity contribution in [2.24, 2.45) is 0 Å². The Balaban J connectivity index is 2.43. The molecule has 14 heteroatoms. The summed E-state index contributed by atoms with van der Waals surface area (Å²) in [6.07, 6.45) is -5.25. The number of rotatable bonds is 9. The summed E-state index contributed by atoms with van der Waals surface area (Å²) in [5, 5.41) is -0.724. The third-order valence-corrected chi connectivity index (χ3v) is 8.47. The average molecular weight is 561 g/mol. The minimum absolute atomic E-state index is 0.0250. The summed E-state index contributed by atoms with van der Waals surface area (Å²) in [5.41, 5.74) is -1.84. The average Bonchev–Trinajstić information content (AvgIpc) is 2.72. The van der Waals surface area contributed by atoms with Crippen LogP contribution in [0.15, 0.2) is 46.2 Å². The molecule has 0 fully saturated rings. The lowest BCUT2D eigenvalue weighted by Crippen LogP contribution is -2.31. The number of sulfonamides is 1. The Kier molecular flexibility index (Phi) is 8.89. The van der Waals surface area contributed by atoms with E-state index in [0.717, 1.165) is 24.3 Å². The lowest BCUT2D eigenvalue weighted by atomic mass is 10.2. The zero-order chi connectivity index (χ0) is 25.9. The highest BCUT2D eigenvalue weighted by molar-refractivity contribution is 7.93. The van der Waals surface area contributed by atoms with Crippen LogP contribution in [0.1, 0.15) is 25.8 Å². The maximum absolute atomic E-state index is 13.1. The number of halogens is 5. The fraction of sp³-hybridized carbons (Fsp3) is 0.350. The number of alkyl halides is 3. The van der Waals surface area contributed by atoms with Gasteiger partial charge in [0.1, 0.15) is 0 Å². The largest absolute Gasteiger partial charge is 0.417 e.